The van der Waals surface area contributed by atoms with Crippen LogP contribution in [0.2, 0.25) is 0 Å². The summed E-state index contributed by atoms with van der Waals surface area (Å²) in [5.41, 5.74) is 15.6. The van der Waals surface area contributed by atoms with Gasteiger partial charge in [0.2, 0.25) is 5.91 Å². The fourth-order valence-corrected chi connectivity index (χ4v) is 2.40. The molecule has 7 nitrogen and oxygen atoms in total. The zero-order valence-electron chi connectivity index (χ0n) is 10.4. The van der Waals surface area contributed by atoms with E-state index in [1.54, 1.807) is 11.0 Å². The Labute approximate surface area is 118 Å². The summed E-state index contributed by atoms with van der Waals surface area (Å²) in [6.45, 7) is 2.65. The van der Waals surface area contributed by atoms with Crippen molar-refractivity contribution in [2.24, 2.45) is 11.0 Å². The summed E-state index contributed by atoms with van der Waals surface area (Å²) in [5.74, 6) is 0.337. The Morgan fingerprint density at radius 3 is 3.16 bits per heavy atom. The van der Waals surface area contributed by atoms with E-state index in [1.165, 1.54) is 0 Å². The van der Waals surface area contributed by atoms with Crippen molar-refractivity contribution in [1.29, 1.82) is 0 Å². The van der Waals surface area contributed by atoms with Crippen molar-refractivity contribution < 1.29 is 4.79 Å². The van der Waals surface area contributed by atoms with Gasteiger partial charge in [-0.25, -0.2) is 4.98 Å². The number of anilines is 2. The first-order chi connectivity index (χ1) is 9.02. The van der Waals surface area contributed by atoms with Crippen molar-refractivity contribution >= 4 is 33.3 Å². The molecule has 2 heterocycles. The number of pyridine rings is 1. The van der Waals surface area contributed by atoms with E-state index < -0.39 is 0 Å². The molecule has 0 saturated carbocycles. The third-order valence-corrected chi connectivity index (χ3v) is 3.86. The normalized spacial score (nSPS) is 18.5. The van der Waals surface area contributed by atoms with E-state index in [0.717, 1.165) is 10.2 Å². The van der Waals surface area contributed by atoms with Gasteiger partial charge in [0.05, 0.1) is 11.4 Å². The molecule has 100 valence electrons. The number of hydrogen-bond acceptors (Lipinski definition) is 4. The molecule has 1 aliphatic heterocycles. The monoisotopic (exact) mass is 324 g/mol. The Morgan fingerprint density at radius 2 is 2.47 bits per heavy atom. The van der Waals surface area contributed by atoms with E-state index >= 15 is 0 Å². The highest BCUT2D eigenvalue weighted by atomic mass is 79.9. The van der Waals surface area contributed by atoms with Gasteiger partial charge in [-0.1, -0.05) is 5.11 Å². The molecule has 1 fully saturated rings. The van der Waals surface area contributed by atoms with Crippen LogP contribution in [0.25, 0.3) is 10.4 Å². The molecule has 19 heavy (non-hydrogen) atoms. The maximum atomic E-state index is 12.0. The molecule has 1 atom stereocenters. The molecular weight excluding hydrogens is 312 g/mol. The third kappa shape index (κ3) is 2.80. The molecule has 2 N–H and O–H groups in total. The Balaban J connectivity index is 2.25. The maximum absolute atomic E-state index is 12.0. The number of hydrogen-bond donors (Lipinski definition) is 1. The molecule has 0 radical (unpaired) electrons. The van der Waals surface area contributed by atoms with Crippen molar-refractivity contribution in [3.05, 3.63) is 26.7 Å². The number of azide groups is 1. The molecule has 1 aromatic heterocycles. The summed E-state index contributed by atoms with van der Waals surface area (Å²) < 4.78 is 0.808. The second-order valence-corrected chi connectivity index (χ2v) is 5.30. The lowest BCUT2D eigenvalue weighted by molar-refractivity contribution is -0.117. The molecular formula is C11H13BrN6O. The van der Waals surface area contributed by atoms with Gasteiger partial charge < -0.3 is 10.6 Å². The molecule has 0 spiro atoms. The highest BCUT2D eigenvalue weighted by Crippen LogP contribution is 2.32. The van der Waals surface area contributed by atoms with Crippen LogP contribution in [0.1, 0.15) is 12.1 Å². The molecule has 1 aliphatic rings. The summed E-state index contributed by atoms with van der Waals surface area (Å²) in [4.78, 5) is 20.5. The lowest BCUT2D eigenvalue weighted by Gasteiger charge is -2.19. The van der Waals surface area contributed by atoms with Gasteiger partial charge in [-0.3, -0.25) is 4.79 Å². The molecule has 0 aliphatic carbocycles. The van der Waals surface area contributed by atoms with Crippen molar-refractivity contribution in [2.45, 2.75) is 13.3 Å². The van der Waals surface area contributed by atoms with Crippen LogP contribution >= 0.6 is 15.9 Å². The third-order valence-electron chi connectivity index (χ3n) is 3.06. The molecule has 2 rings (SSSR count). The lowest BCUT2D eigenvalue weighted by atomic mass is 10.1. The maximum Gasteiger partial charge on any atom is 0.227 e. The number of rotatable bonds is 3. The molecule has 1 amide bonds. The van der Waals surface area contributed by atoms with E-state index in [4.69, 9.17) is 11.3 Å². The minimum Gasteiger partial charge on any atom is -0.382 e. The molecule has 1 aromatic rings. The highest BCUT2D eigenvalue weighted by molar-refractivity contribution is 9.10. The van der Waals surface area contributed by atoms with Crippen LogP contribution < -0.4 is 10.6 Å². The second kappa shape index (κ2) is 5.46. The first-order valence-corrected chi connectivity index (χ1v) is 6.56. The SMILES string of the molecule is Cc1nc(N)c(N2CC(CN=[N+]=[N-])CC2=O)cc1Br. The summed E-state index contributed by atoms with van der Waals surface area (Å²) >= 11 is 3.38. The molecule has 0 aromatic carbocycles. The van der Waals surface area contributed by atoms with Crippen LogP contribution in [0.4, 0.5) is 11.5 Å². The van der Waals surface area contributed by atoms with Gasteiger partial charge >= 0.3 is 0 Å². The first kappa shape index (κ1) is 13.6. The minimum atomic E-state index is -0.0256. The Bertz CT molecular complexity index is 569. The predicted molar refractivity (Wildman–Crippen MR) is 75.6 cm³/mol. The van der Waals surface area contributed by atoms with Gasteiger partial charge in [0, 0.05) is 28.9 Å². The van der Waals surface area contributed by atoms with Gasteiger partial charge in [0.1, 0.15) is 5.82 Å². The van der Waals surface area contributed by atoms with Crippen molar-refractivity contribution in [2.75, 3.05) is 23.7 Å². The van der Waals surface area contributed by atoms with E-state index in [0.29, 0.717) is 31.0 Å². The Hall–Kier alpha value is -1.79. The molecule has 1 unspecified atom stereocenters. The van der Waals surface area contributed by atoms with Crippen molar-refractivity contribution in [1.82, 2.24) is 4.98 Å². The number of nitrogens with two attached hydrogens (primary N) is 1. The largest absolute Gasteiger partial charge is 0.382 e. The summed E-state index contributed by atoms with van der Waals surface area (Å²) in [5, 5.41) is 3.52. The van der Waals surface area contributed by atoms with Crippen molar-refractivity contribution in [3.63, 3.8) is 0 Å². The van der Waals surface area contributed by atoms with E-state index in [2.05, 4.69) is 30.9 Å². The lowest BCUT2D eigenvalue weighted by Crippen LogP contribution is -2.26. The Kier molecular flexibility index (Phi) is 3.92. The van der Waals surface area contributed by atoms with E-state index in [1.807, 2.05) is 6.92 Å². The second-order valence-electron chi connectivity index (χ2n) is 4.45. The van der Waals surface area contributed by atoms with Crippen molar-refractivity contribution in [3.8, 4) is 0 Å². The topological polar surface area (TPSA) is 108 Å². The fraction of sp³-hybridized carbons (Fsp3) is 0.455. The summed E-state index contributed by atoms with van der Waals surface area (Å²) in [7, 11) is 0. The number of carbonyl (C=O) groups is 1. The molecule has 1 saturated heterocycles. The van der Waals surface area contributed by atoms with E-state index in [9.17, 15) is 4.79 Å². The van der Waals surface area contributed by atoms with Gasteiger partial charge in [-0.15, -0.1) is 0 Å². The van der Waals surface area contributed by atoms with Crippen LogP contribution in [-0.2, 0) is 4.79 Å². The number of carbonyl (C=O) groups excluding carboxylic acids is 1. The highest BCUT2D eigenvalue weighted by Gasteiger charge is 2.31. The molecule has 0 bridgehead atoms. The number of aryl methyl sites for hydroxylation is 1. The zero-order valence-corrected chi connectivity index (χ0v) is 12.0. The van der Waals surface area contributed by atoms with Crippen LogP contribution in [0.3, 0.4) is 0 Å². The van der Waals surface area contributed by atoms with E-state index in [-0.39, 0.29) is 11.8 Å². The Morgan fingerprint density at radius 1 is 1.74 bits per heavy atom. The van der Waals surface area contributed by atoms with Crippen LogP contribution in [0.15, 0.2) is 15.7 Å². The molecule has 8 heteroatoms. The summed E-state index contributed by atoms with van der Waals surface area (Å²) in [6, 6.07) is 1.80. The van der Waals surface area contributed by atoms with Crippen LogP contribution in [0.5, 0.6) is 0 Å². The smallest absolute Gasteiger partial charge is 0.227 e. The first-order valence-electron chi connectivity index (χ1n) is 5.76. The average molecular weight is 325 g/mol. The van der Waals surface area contributed by atoms with Gasteiger partial charge in [-0.05, 0) is 40.4 Å². The minimum absolute atomic E-state index is 0.0256. The van der Waals surface area contributed by atoms with Crippen LogP contribution in [-0.4, -0.2) is 24.0 Å². The average Bonchev–Trinajstić information content (AvgIpc) is 2.72. The number of aromatic nitrogens is 1. The standard InChI is InChI=1S/C11H13BrN6O/c1-6-8(12)3-9(11(13)16-6)18-5-7(2-10(18)19)4-15-17-14/h3,7H,2,4-5H2,1H3,(H2,13,16). The van der Waals surface area contributed by atoms with Gasteiger partial charge in [0.25, 0.3) is 0 Å². The quantitative estimate of drug-likeness (QED) is 0.523. The number of nitrogens with zero attached hydrogens (tertiary/aromatic N) is 5. The number of nitrogen functional groups attached to an aromatic ring is 1. The number of halogens is 1. The fourth-order valence-electron chi connectivity index (χ4n) is 2.09. The van der Waals surface area contributed by atoms with Gasteiger partial charge in [0.15, 0.2) is 0 Å². The zero-order chi connectivity index (χ0) is 14.0. The number of amides is 1. The summed E-state index contributed by atoms with van der Waals surface area (Å²) in [6.07, 6.45) is 0.365. The predicted octanol–water partition coefficient (Wildman–Crippen LogP) is 2.40. The van der Waals surface area contributed by atoms with Gasteiger partial charge in [-0.2, -0.15) is 0 Å². The van der Waals surface area contributed by atoms with Crippen LogP contribution in [0, 0.1) is 12.8 Å².